The maximum Gasteiger partial charge on any atom is 0.224 e. The number of carbonyl (C=O) groups is 2. The van der Waals surface area contributed by atoms with Gasteiger partial charge in [-0.2, -0.15) is 0 Å². The van der Waals surface area contributed by atoms with Crippen LogP contribution in [0.2, 0.25) is 0 Å². The first-order chi connectivity index (χ1) is 17.0. The van der Waals surface area contributed by atoms with Crippen molar-refractivity contribution >= 4 is 11.8 Å². The molecule has 2 heterocycles. The third kappa shape index (κ3) is 6.49. The fourth-order valence-electron chi connectivity index (χ4n) is 5.95. The molecule has 2 aliphatic heterocycles. The van der Waals surface area contributed by atoms with E-state index in [4.69, 9.17) is 0 Å². The Kier molecular flexibility index (Phi) is 7.47. The Labute approximate surface area is 207 Å². The minimum atomic E-state index is -0.282. The number of benzene rings is 2. The number of hydrogen-bond acceptors (Lipinski definition) is 3. The first-order valence-electron chi connectivity index (χ1n) is 13.2. The monoisotopic (exact) mass is 477 g/mol. The topological polar surface area (TPSA) is 61.4 Å². The summed E-state index contributed by atoms with van der Waals surface area (Å²) in [5.74, 6) is 0.485. The quantitative estimate of drug-likeness (QED) is 0.529. The van der Waals surface area contributed by atoms with Gasteiger partial charge in [0, 0.05) is 31.1 Å². The van der Waals surface area contributed by atoms with Gasteiger partial charge in [0.2, 0.25) is 11.8 Å². The van der Waals surface area contributed by atoms with Gasteiger partial charge < -0.3 is 10.6 Å². The molecule has 2 N–H and O–H groups in total. The number of halogens is 1. The van der Waals surface area contributed by atoms with Crippen molar-refractivity contribution in [2.24, 2.45) is 5.92 Å². The third-order valence-corrected chi connectivity index (χ3v) is 7.91. The van der Waals surface area contributed by atoms with Gasteiger partial charge in [0.05, 0.1) is 12.5 Å². The molecule has 186 valence electrons. The van der Waals surface area contributed by atoms with Crippen LogP contribution in [0.5, 0.6) is 0 Å². The van der Waals surface area contributed by atoms with E-state index >= 15 is 0 Å². The first-order valence-corrected chi connectivity index (χ1v) is 13.2. The summed E-state index contributed by atoms with van der Waals surface area (Å²) >= 11 is 0. The molecule has 5 rings (SSSR count). The molecular weight excluding hydrogens is 441 g/mol. The van der Waals surface area contributed by atoms with Crippen LogP contribution in [0, 0.1) is 11.7 Å². The molecule has 0 radical (unpaired) electrons. The standard InChI is InChI=1S/C29H36FN3O2/c30-23-10-8-21(9-11-23)16-28(34)31-24-18-25-12-13-26(19-24)33(25)15-14-27(22-4-2-1-3-5-22)32-29(35)17-20-6-7-20/h1-5,8-11,20,24-27H,6-7,12-19H2,(H,31,34)(H,32,35)/t24?,25-,26?,27?/m0/s1. The summed E-state index contributed by atoms with van der Waals surface area (Å²) in [7, 11) is 0. The van der Waals surface area contributed by atoms with Crippen LogP contribution in [0.3, 0.4) is 0 Å². The van der Waals surface area contributed by atoms with E-state index in [-0.39, 0.29) is 36.1 Å². The molecule has 2 aromatic rings. The van der Waals surface area contributed by atoms with Crippen molar-refractivity contribution in [1.82, 2.24) is 15.5 Å². The van der Waals surface area contributed by atoms with E-state index in [1.165, 1.54) is 43.4 Å². The number of rotatable bonds is 10. The van der Waals surface area contributed by atoms with Crippen molar-refractivity contribution in [2.75, 3.05) is 6.54 Å². The molecule has 0 spiro atoms. The summed E-state index contributed by atoms with van der Waals surface area (Å²) in [5, 5.41) is 6.54. The summed E-state index contributed by atoms with van der Waals surface area (Å²) in [6, 6.07) is 17.7. The molecule has 1 saturated carbocycles. The van der Waals surface area contributed by atoms with Crippen molar-refractivity contribution in [1.29, 1.82) is 0 Å². The Morgan fingerprint density at radius 3 is 2.26 bits per heavy atom. The maximum atomic E-state index is 13.1. The van der Waals surface area contributed by atoms with Crippen molar-refractivity contribution < 1.29 is 14.0 Å². The second kappa shape index (κ2) is 10.9. The third-order valence-electron chi connectivity index (χ3n) is 7.91. The number of fused-ring (bicyclic) bond motifs is 2. The lowest BCUT2D eigenvalue weighted by atomic mass is 9.95. The van der Waals surface area contributed by atoms with Gasteiger partial charge in [0.1, 0.15) is 5.82 Å². The summed E-state index contributed by atoms with van der Waals surface area (Å²) in [4.78, 5) is 27.8. The summed E-state index contributed by atoms with van der Waals surface area (Å²) in [6.07, 6.45) is 8.47. The van der Waals surface area contributed by atoms with Crippen LogP contribution < -0.4 is 10.6 Å². The molecule has 1 aliphatic carbocycles. The van der Waals surface area contributed by atoms with Gasteiger partial charge in [-0.05, 0) is 74.1 Å². The number of hydrogen-bond donors (Lipinski definition) is 2. The Hall–Kier alpha value is -2.73. The molecule has 6 heteroatoms. The second-order valence-electron chi connectivity index (χ2n) is 10.6. The molecule has 2 bridgehead atoms. The highest BCUT2D eigenvalue weighted by Gasteiger charge is 2.41. The lowest BCUT2D eigenvalue weighted by molar-refractivity contribution is -0.122. The molecular formula is C29H36FN3O2. The SMILES string of the molecule is O=C(Cc1ccc(F)cc1)NC1CC2CC[C@@H](C1)N2CCC(NC(=O)CC1CC1)c1ccccc1. The van der Waals surface area contributed by atoms with Crippen molar-refractivity contribution in [2.45, 2.75) is 82.0 Å². The normalized spacial score (nSPS) is 24.7. The van der Waals surface area contributed by atoms with Gasteiger partial charge in [0.25, 0.3) is 0 Å². The zero-order valence-corrected chi connectivity index (χ0v) is 20.3. The minimum absolute atomic E-state index is 0.0111. The molecule has 4 atom stereocenters. The molecule has 35 heavy (non-hydrogen) atoms. The van der Waals surface area contributed by atoms with Crippen LogP contribution in [0.15, 0.2) is 54.6 Å². The smallest absolute Gasteiger partial charge is 0.224 e. The van der Waals surface area contributed by atoms with Gasteiger partial charge in [-0.15, -0.1) is 0 Å². The van der Waals surface area contributed by atoms with E-state index in [9.17, 15) is 14.0 Å². The summed E-state index contributed by atoms with van der Waals surface area (Å²) < 4.78 is 13.1. The first kappa shape index (κ1) is 24.0. The highest BCUT2D eigenvalue weighted by Crippen LogP contribution is 2.37. The Bertz CT molecular complexity index is 994. The minimum Gasteiger partial charge on any atom is -0.353 e. The highest BCUT2D eigenvalue weighted by atomic mass is 19.1. The Morgan fingerprint density at radius 2 is 1.60 bits per heavy atom. The van der Waals surface area contributed by atoms with Crippen molar-refractivity contribution in [3.05, 3.63) is 71.5 Å². The van der Waals surface area contributed by atoms with Gasteiger partial charge in [-0.25, -0.2) is 4.39 Å². The van der Waals surface area contributed by atoms with Crippen molar-refractivity contribution in [3.63, 3.8) is 0 Å². The molecule has 2 saturated heterocycles. The lowest BCUT2D eigenvalue weighted by Gasteiger charge is -2.40. The number of piperidine rings is 1. The molecule has 5 nitrogen and oxygen atoms in total. The van der Waals surface area contributed by atoms with Crippen LogP contribution >= 0.6 is 0 Å². The second-order valence-corrected chi connectivity index (χ2v) is 10.6. The molecule has 0 aromatic heterocycles. The predicted octanol–water partition coefficient (Wildman–Crippen LogP) is 4.53. The van der Waals surface area contributed by atoms with Crippen LogP contribution in [0.4, 0.5) is 4.39 Å². The largest absolute Gasteiger partial charge is 0.353 e. The van der Waals surface area contributed by atoms with E-state index in [0.717, 1.165) is 31.4 Å². The Morgan fingerprint density at radius 1 is 0.914 bits per heavy atom. The van der Waals surface area contributed by atoms with Gasteiger partial charge >= 0.3 is 0 Å². The predicted molar refractivity (Wildman–Crippen MR) is 134 cm³/mol. The fraction of sp³-hybridized carbons (Fsp3) is 0.517. The summed E-state index contributed by atoms with van der Waals surface area (Å²) in [6.45, 7) is 0.953. The van der Waals surface area contributed by atoms with E-state index in [2.05, 4.69) is 27.7 Å². The zero-order chi connectivity index (χ0) is 24.2. The number of nitrogens with zero attached hydrogens (tertiary/aromatic N) is 1. The molecule has 3 unspecified atom stereocenters. The van der Waals surface area contributed by atoms with E-state index in [0.29, 0.717) is 24.4 Å². The number of amides is 2. The van der Waals surface area contributed by atoms with Crippen LogP contribution in [-0.2, 0) is 16.0 Å². The average molecular weight is 478 g/mol. The zero-order valence-electron chi connectivity index (χ0n) is 20.3. The maximum absolute atomic E-state index is 13.1. The van der Waals surface area contributed by atoms with Crippen LogP contribution in [-0.4, -0.2) is 41.4 Å². The van der Waals surface area contributed by atoms with E-state index in [1.54, 1.807) is 12.1 Å². The number of carbonyl (C=O) groups excluding carboxylic acids is 2. The fourth-order valence-corrected chi connectivity index (χ4v) is 5.95. The summed E-state index contributed by atoms with van der Waals surface area (Å²) in [5.41, 5.74) is 2.01. The number of nitrogens with one attached hydrogen (secondary N) is 2. The van der Waals surface area contributed by atoms with Gasteiger partial charge in [-0.1, -0.05) is 42.5 Å². The molecule has 3 aliphatic rings. The van der Waals surface area contributed by atoms with Crippen LogP contribution in [0.25, 0.3) is 0 Å². The average Bonchev–Trinajstić information content (AvgIpc) is 3.62. The Balaban J connectivity index is 1.14. The van der Waals surface area contributed by atoms with Crippen LogP contribution in [0.1, 0.15) is 68.5 Å². The molecule has 2 amide bonds. The van der Waals surface area contributed by atoms with Gasteiger partial charge in [0.15, 0.2) is 0 Å². The van der Waals surface area contributed by atoms with E-state index < -0.39 is 0 Å². The lowest BCUT2D eigenvalue weighted by Crippen LogP contribution is -2.51. The highest BCUT2D eigenvalue weighted by molar-refractivity contribution is 5.79. The van der Waals surface area contributed by atoms with E-state index in [1.807, 2.05) is 18.2 Å². The van der Waals surface area contributed by atoms with Gasteiger partial charge in [-0.3, -0.25) is 14.5 Å². The van der Waals surface area contributed by atoms with Crippen molar-refractivity contribution in [3.8, 4) is 0 Å². The molecule has 3 fully saturated rings. The molecule has 2 aromatic carbocycles.